The fraction of sp³-hybridized carbons (Fsp3) is 0.125. The van der Waals surface area contributed by atoms with Gasteiger partial charge in [-0.25, -0.2) is 0 Å². The predicted molar refractivity (Wildman–Crippen MR) is 53.0 cm³/mol. The third kappa shape index (κ3) is 1.84. The summed E-state index contributed by atoms with van der Waals surface area (Å²) < 4.78 is 0.122. The molecule has 1 heterocycles. The second-order valence-corrected chi connectivity index (χ2v) is 3.14. The van der Waals surface area contributed by atoms with Gasteiger partial charge in [0.05, 0.1) is 6.20 Å². The molecule has 1 aromatic heterocycles. The predicted octanol–water partition coefficient (Wildman–Crippen LogP) is -0.627. The van der Waals surface area contributed by atoms with Gasteiger partial charge in [-0.2, -0.15) is 4.73 Å². The number of halogens is 1. The van der Waals surface area contributed by atoms with Crippen molar-refractivity contribution < 1.29 is 19.9 Å². The number of carbonyl (C=O) groups excluding carboxylic acids is 2. The molecule has 0 fully saturated rings. The number of pyridine rings is 1. The topological polar surface area (TPSA) is 109 Å². The normalized spacial score (nSPS) is 9.88. The molecule has 0 aliphatic carbocycles. The molecule has 86 valence electrons. The number of nitrogens with zero attached hydrogens (tertiary/aromatic N) is 1. The van der Waals surface area contributed by atoms with E-state index >= 15 is 0 Å². The zero-order valence-corrected chi connectivity index (χ0v) is 8.78. The first-order chi connectivity index (χ1) is 7.40. The van der Waals surface area contributed by atoms with Gasteiger partial charge in [0.1, 0.15) is 5.02 Å². The zero-order chi connectivity index (χ0) is 12.5. The third-order valence-electron chi connectivity index (χ3n) is 1.76. The van der Waals surface area contributed by atoms with E-state index < -0.39 is 33.6 Å². The minimum Gasteiger partial charge on any atom is -0.503 e. The molecule has 0 radical (unpaired) electrons. The van der Waals surface area contributed by atoms with Crippen molar-refractivity contribution in [2.45, 2.75) is 0 Å². The number of aromatic hydroxyl groups is 1. The smallest absolute Gasteiger partial charge is 0.293 e. The number of hydrogen-bond donors (Lipinski definition) is 3. The summed E-state index contributed by atoms with van der Waals surface area (Å²) in [6.45, 7) is 0. The number of Topliss-reactive ketones (excluding diaryl/α,β-unsaturated/α-hetero) is 1. The van der Waals surface area contributed by atoms with Crippen molar-refractivity contribution in [3.8, 4) is 5.75 Å². The molecule has 8 heteroatoms. The lowest BCUT2D eigenvalue weighted by molar-refractivity contribution is -0.116. The number of rotatable bonds is 2. The molecule has 1 amide bonds. The summed E-state index contributed by atoms with van der Waals surface area (Å²) in [6.07, 6.45) is 0.574. The number of ketones is 1. The molecular formula is C8H7ClN2O5. The maximum Gasteiger partial charge on any atom is 0.293 e. The highest BCUT2D eigenvalue weighted by atomic mass is 35.5. The molecule has 16 heavy (non-hydrogen) atoms. The molecule has 0 aliphatic heterocycles. The van der Waals surface area contributed by atoms with Crippen molar-refractivity contribution in [1.29, 1.82) is 0 Å². The highest BCUT2D eigenvalue weighted by Gasteiger charge is 2.24. The Balaban J connectivity index is 3.46. The molecule has 0 unspecified atom stereocenters. The van der Waals surface area contributed by atoms with Gasteiger partial charge in [0.25, 0.3) is 11.7 Å². The minimum atomic E-state index is -1.19. The van der Waals surface area contributed by atoms with Gasteiger partial charge >= 0.3 is 0 Å². The SMILES string of the molecule is CNC(=O)C(=O)c1c(Cl)c(=O)c(O)cn1O. The van der Waals surface area contributed by atoms with E-state index in [1.165, 1.54) is 7.05 Å². The molecule has 0 aliphatic rings. The zero-order valence-electron chi connectivity index (χ0n) is 8.02. The minimum absolute atomic E-state index is 0.122. The van der Waals surface area contributed by atoms with Crippen molar-refractivity contribution in [1.82, 2.24) is 10.0 Å². The van der Waals surface area contributed by atoms with Crippen LogP contribution in [0.25, 0.3) is 0 Å². The average Bonchev–Trinajstić information content (AvgIpc) is 2.24. The summed E-state index contributed by atoms with van der Waals surface area (Å²) in [5.41, 5.74) is -1.75. The number of likely N-dealkylation sites (N-methyl/N-ethyl adjacent to an activating group) is 1. The average molecular weight is 247 g/mol. The van der Waals surface area contributed by atoms with E-state index in [0.29, 0.717) is 6.20 Å². The lowest BCUT2D eigenvalue weighted by Crippen LogP contribution is -2.31. The Hall–Kier alpha value is -2.02. The Morgan fingerprint density at radius 1 is 1.50 bits per heavy atom. The Morgan fingerprint density at radius 3 is 2.56 bits per heavy atom. The van der Waals surface area contributed by atoms with Crippen LogP contribution in [0.15, 0.2) is 11.0 Å². The maximum absolute atomic E-state index is 11.4. The van der Waals surface area contributed by atoms with Crippen LogP contribution in [0.1, 0.15) is 10.5 Å². The Labute approximate surface area is 93.8 Å². The molecular weight excluding hydrogens is 240 g/mol. The van der Waals surface area contributed by atoms with E-state index in [1.54, 1.807) is 0 Å². The van der Waals surface area contributed by atoms with Crippen LogP contribution in [-0.4, -0.2) is 33.8 Å². The monoisotopic (exact) mass is 246 g/mol. The summed E-state index contributed by atoms with van der Waals surface area (Å²) in [5, 5.41) is 19.5. The van der Waals surface area contributed by atoms with E-state index in [1.807, 2.05) is 5.32 Å². The van der Waals surface area contributed by atoms with Crippen molar-refractivity contribution >= 4 is 23.3 Å². The van der Waals surface area contributed by atoms with E-state index in [9.17, 15) is 19.6 Å². The highest BCUT2D eigenvalue weighted by Crippen LogP contribution is 2.15. The first-order valence-corrected chi connectivity index (χ1v) is 4.37. The van der Waals surface area contributed by atoms with Gasteiger partial charge in [-0.15, -0.1) is 0 Å². The van der Waals surface area contributed by atoms with Crippen LogP contribution in [0.3, 0.4) is 0 Å². The standard InChI is InChI=1S/C8H7ClN2O5/c1-10-8(15)7(14)5-4(9)6(13)3(12)2-11(5)16/h2,12,16H,1H3,(H,10,15). The second kappa shape index (κ2) is 4.23. The van der Waals surface area contributed by atoms with Gasteiger partial charge in [-0.3, -0.25) is 14.4 Å². The van der Waals surface area contributed by atoms with Crippen molar-refractivity contribution in [2.75, 3.05) is 7.05 Å². The van der Waals surface area contributed by atoms with E-state index in [0.717, 1.165) is 0 Å². The quantitative estimate of drug-likeness (QED) is 0.366. The summed E-state index contributed by atoms with van der Waals surface area (Å²) in [5.74, 6) is -3.07. The Morgan fingerprint density at radius 2 is 2.06 bits per heavy atom. The van der Waals surface area contributed by atoms with E-state index in [2.05, 4.69) is 0 Å². The summed E-state index contributed by atoms with van der Waals surface area (Å²) in [7, 11) is 1.20. The van der Waals surface area contributed by atoms with Crippen LogP contribution in [0.5, 0.6) is 5.75 Å². The molecule has 1 aromatic rings. The molecule has 1 rings (SSSR count). The van der Waals surface area contributed by atoms with E-state index in [4.69, 9.17) is 16.7 Å². The fourth-order valence-electron chi connectivity index (χ4n) is 0.984. The van der Waals surface area contributed by atoms with Crippen LogP contribution in [0, 0.1) is 0 Å². The van der Waals surface area contributed by atoms with Crippen LogP contribution < -0.4 is 10.7 Å². The van der Waals surface area contributed by atoms with Crippen LogP contribution in [-0.2, 0) is 4.79 Å². The fourth-order valence-corrected chi connectivity index (χ4v) is 1.25. The van der Waals surface area contributed by atoms with Gasteiger partial charge < -0.3 is 15.6 Å². The number of amides is 1. The van der Waals surface area contributed by atoms with Crippen LogP contribution in [0.2, 0.25) is 5.02 Å². The lowest BCUT2D eigenvalue weighted by Gasteiger charge is -2.07. The van der Waals surface area contributed by atoms with Gasteiger partial charge in [-0.1, -0.05) is 11.6 Å². The first-order valence-electron chi connectivity index (χ1n) is 4.00. The van der Waals surface area contributed by atoms with Gasteiger partial charge in [-0.05, 0) is 0 Å². The number of aromatic nitrogens is 1. The van der Waals surface area contributed by atoms with Gasteiger partial charge in [0, 0.05) is 7.05 Å². The molecule has 0 saturated heterocycles. The molecule has 3 N–H and O–H groups in total. The molecule has 0 aromatic carbocycles. The molecule has 0 saturated carbocycles. The lowest BCUT2D eigenvalue weighted by atomic mass is 10.2. The van der Waals surface area contributed by atoms with Crippen LogP contribution >= 0.6 is 11.6 Å². The second-order valence-electron chi connectivity index (χ2n) is 2.76. The van der Waals surface area contributed by atoms with Crippen molar-refractivity contribution in [2.24, 2.45) is 0 Å². The Bertz CT molecular complexity index is 522. The summed E-state index contributed by atoms with van der Waals surface area (Å²) >= 11 is 5.45. The van der Waals surface area contributed by atoms with Crippen molar-refractivity contribution in [3.05, 3.63) is 27.1 Å². The first kappa shape index (κ1) is 12.1. The summed E-state index contributed by atoms with van der Waals surface area (Å²) in [6, 6.07) is 0. The maximum atomic E-state index is 11.4. The molecule has 7 nitrogen and oxygen atoms in total. The number of nitrogens with one attached hydrogen (secondary N) is 1. The summed E-state index contributed by atoms with van der Waals surface area (Å²) in [4.78, 5) is 33.6. The molecule has 0 bridgehead atoms. The van der Waals surface area contributed by atoms with Gasteiger partial charge in [0.2, 0.25) is 5.43 Å². The van der Waals surface area contributed by atoms with E-state index in [-0.39, 0.29) is 4.73 Å². The highest BCUT2D eigenvalue weighted by molar-refractivity contribution is 6.46. The number of hydrogen-bond acceptors (Lipinski definition) is 5. The molecule has 0 spiro atoms. The third-order valence-corrected chi connectivity index (χ3v) is 2.11. The molecule has 0 atom stereocenters. The largest absolute Gasteiger partial charge is 0.503 e. The van der Waals surface area contributed by atoms with Crippen LogP contribution in [0.4, 0.5) is 0 Å². The Kier molecular flexibility index (Phi) is 3.19. The van der Waals surface area contributed by atoms with Gasteiger partial charge in [0.15, 0.2) is 11.4 Å². The number of carbonyl (C=O) groups is 2. The van der Waals surface area contributed by atoms with Crippen molar-refractivity contribution in [3.63, 3.8) is 0 Å².